The largest absolute Gasteiger partial charge is 0.482 e. The zero-order valence-electron chi connectivity index (χ0n) is 18.2. The Bertz CT molecular complexity index is 1260. The van der Waals surface area contributed by atoms with Crippen molar-refractivity contribution in [1.29, 1.82) is 0 Å². The molecule has 0 aliphatic heterocycles. The van der Waals surface area contributed by atoms with E-state index in [1.807, 2.05) is 48.5 Å². The maximum Gasteiger partial charge on any atom is 0.341 e. The van der Waals surface area contributed by atoms with Gasteiger partial charge < -0.3 is 19.6 Å². The molecule has 0 aliphatic carbocycles. The summed E-state index contributed by atoms with van der Waals surface area (Å²) in [7, 11) is 0. The number of ether oxygens (including phenoxy) is 1. The number of fused-ring (bicyclic) bond motifs is 2. The zero-order valence-corrected chi connectivity index (χ0v) is 20.2. The Hall–Kier alpha value is -2.80. The quantitative estimate of drug-likeness (QED) is 0.365. The van der Waals surface area contributed by atoms with E-state index < -0.39 is 12.6 Å². The number of para-hydroxylation sites is 1. The molecular weight excluding hydrogens is 417 g/mol. The van der Waals surface area contributed by atoms with E-state index in [-0.39, 0.29) is 35.5 Å². The van der Waals surface area contributed by atoms with Crippen LogP contribution in [0, 0.1) is 0 Å². The van der Waals surface area contributed by atoms with E-state index in [4.69, 9.17) is 14.3 Å². The van der Waals surface area contributed by atoms with E-state index in [2.05, 4.69) is 12.2 Å². The SMILES string of the molecule is CCCCc1oc2ccccc2c1C(=O)Nc1ccc2cc(OCC(=O)O)ccc2c1.[Na]. The predicted octanol–water partition coefficient (Wildman–Crippen LogP) is 5.26. The number of furan rings is 1. The van der Waals surface area contributed by atoms with Gasteiger partial charge in [0.2, 0.25) is 0 Å². The Kier molecular flexibility index (Phi) is 7.96. The number of nitrogens with one attached hydrogen (secondary N) is 1. The summed E-state index contributed by atoms with van der Waals surface area (Å²) >= 11 is 0. The molecule has 1 aromatic heterocycles. The van der Waals surface area contributed by atoms with Crippen molar-refractivity contribution in [3.63, 3.8) is 0 Å². The third-order valence-corrected chi connectivity index (χ3v) is 5.08. The van der Waals surface area contributed by atoms with Gasteiger partial charge in [0.25, 0.3) is 5.91 Å². The van der Waals surface area contributed by atoms with E-state index >= 15 is 0 Å². The van der Waals surface area contributed by atoms with Gasteiger partial charge in [-0.05, 0) is 47.5 Å². The van der Waals surface area contributed by atoms with Crippen molar-refractivity contribution in [3.8, 4) is 5.75 Å². The molecule has 159 valence electrons. The Labute approximate surface area is 207 Å². The number of anilines is 1. The van der Waals surface area contributed by atoms with E-state index in [0.717, 1.165) is 29.0 Å². The summed E-state index contributed by atoms with van der Waals surface area (Å²) < 4.78 is 11.2. The Balaban J connectivity index is 0.00000289. The number of carboxylic acid groups (broad SMARTS) is 1. The van der Waals surface area contributed by atoms with Gasteiger partial charge in [-0.2, -0.15) is 0 Å². The van der Waals surface area contributed by atoms with Crippen molar-refractivity contribution in [1.82, 2.24) is 0 Å². The first-order valence-corrected chi connectivity index (χ1v) is 10.3. The molecular formula is C25H23NNaO5. The summed E-state index contributed by atoms with van der Waals surface area (Å²) in [4.78, 5) is 23.8. The summed E-state index contributed by atoms with van der Waals surface area (Å²) in [5.74, 6) is -0.0290. The maximum absolute atomic E-state index is 13.2. The molecule has 0 saturated carbocycles. The van der Waals surface area contributed by atoms with Crippen molar-refractivity contribution in [2.45, 2.75) is 26.2 Å². The molecule has 0 unspecified atom stereocenters. The van der Waals surface area contributed by atoms with Gasteiger partial charge >= 0.3 is 5.97 Å². The molecule has 1 amide bonds. The second kappa shape index (κ2) is 10.7. The molecule has 0 spiro atoms. The fraction of sp³-hybridized carbons (Fsp3) is 0.200. The molecule has 1 heterocycles. The van der Waals surface area contributed by atoms with Crippen LogP contribution in [0.3, 0.4) is 0 Å². The monoisotopic (exact) mass is 440 g/mol. The number of hydrogen-bond donors (Lipinski definition) is 2. The second-order valence-electron chi connectivity index (χ2n) is 7.36. The molecule has 6 nitrogen and oxygen atoms in total. The number of benzene rings is 3. The summed E-state index contributed by atoms with van der Waals surface area (Å²) in [6, 6.07) is 18.5. The first kappa shape index (κ1) is 23.9. The molecule has 1 radical (unpaired) electrons. The topological polar surface area (TPSA) is 88.8 Å². The van der Waals surface area contributed by atoms with Crippen LogP contribution >= 0.6 is 0 Å². The molecule has 2 N–H and O–H groups in total. The second-order valence-corrected chi connectivity index (χ2v) is 7.36. The van der Waals surface area contributed by atoms with Gasteiger partial charge in [0.05, 0.1) is 5.56 Å². The Morgan fingerprint density at radius 2 is 1.78 bits per heavy atom. The first-order chi connectivity index (χ1) is 15.0. The molecule has 0 saturated heterocycles. The van der Waals surface area contributed by atoms with Crippen LogP contribution in [0.25, 0.3) is 21.7 Å². The van der Waals surface area contributed by atoms with Crippen LogP contribution in [0.5, 0.6) is 5.75 Å². The molecule has 4 aromatic rings. The molecule has 4 rings (SSSR count). The van der Waals surface area contributed by atoms with Gasteiger partial charge in [-0.25, -0.2) is 4.79 Å². The fourth-order valence-electron chi connectivity index (χ4n) is 3.59. The van der Waals surface area contributed by atoms with E-state index in [9.17, 15) is 9.59 Å². The molecule has 3 aromatic carbocycles. The average Bonchev–Trinajstić information content (AvgIpc) is 3.14. The van der Waals surface area contributed by atoms with Crippen molar-refractivity contribution in [2.24, 2.45) is 0 Å². The molecule has 0 aliphatic rings. The molecule has 0 fully saturated rings. The number of carboxylic acids is 1. The smallest absolute Gasteiger partial charge is 0.341 e. The van der Waals surface area contributed by atoms with Gasteiger partial charge in [0.1, 0.15) is 17.1 Å². The van der Waals surface area contributed by atoms with Crippen molar-refractivity contribution in [2.75, 3.05) is 11.9 Å². The summed E-state index contributed by atoms with van der Waals surface area (Å²) in [6.07, 6.45) is 2.67. The number of amides is 1. The number of aryl methyl sites for hydroxylation is 1. The van der Waals surface area contributed by atoms with Gasteiger partial charge in [-0.1, -0.05) is 43.7 Å². The number of unbranched alkanes of at least 4 members (excludes halogenated alkanes) is 1. The number of carbonyl (C=O) groups is 2. The minimum Gasteiger partial charge on any atom is -0.482 e. The molecule has 0 bridgehead atoms. The van der Waals surface area contributed by atoms with E-state index in [1.54, 1.807) is 12.1 Å². The van der Waals surface area contributed by atoms with Crippen LogP contribution in [0.15, 0.2) is 65.1 Å². The maximum atomic E-state index is 13.2. The first-order valence-electron chi connectivity index (χ1n) is 10.3. The van der Waals surface area contributed by atoms with Crippen molar-refractivity contribution >= 4 is 68.9 Å². The van der Waals surface area contributed by atoms with Gasteiger partial charge in [0.15, 0.2) is 6.61 Å². The van der Waals surface area contributed by atoms with Crippen LogP contribution in [0.1, 0.15) is 35.9 Å². The molecule has 32 heavy (non-hydrogen) atoms. The normalized spacial score (nSPS) is 10.7. The summed E-state index contributed by atoms with van der Waals surface area (Å²) in [6.45, 7) is 1.72. The Morgan fingerprint density at radius 1 is 1.03 bits per heavy atom. The third-order valence-electron chi connectivity index (χ3n) is 5.08. The van der Waals surface area contributed by atoms with Crippen LogP contribution in [-0.4, -0.2) is 53.1 Å². The third kappa shape index (κ3) is 5.33. The summed E-state index contributed by atoms with van der Waals surface area (Å²) in [5.41, 5.74) is 1.97. The summed E-state index contributed by atoms with van der Waals surface area (Å²) in [5, 5.41) is 14.3. The van der Waals surface area contributed by atoms with Crippen LogP contribution in [0.4, 0.5) is 5.69 Å². The van der Waals surface area contributed by atoms with Crippen LogP contribution in [0.2, 0.25) is 0 Å². The number of carbonyl (C=O) groups excluding carboxylic acids is 1. The molecule has 7 heteroatoms. The van der Waals surface area contributed by atoms with Crippen molar-refractivity contribution in [3.05, 3.63) is 72.0 Å². The Morgan fingerprint density at radius 3 is 2.56 bits per heavy atom. The van der Waals surface area contributed by atoms with Gasteiger partial charge in [-0.15, -0.1) is 0 Å². The zero-order chi connectivity index (χ0) is 21.8. The minimum atomic E-state index is -1.02. The van der Waals surface area contributed by atoms with Crippen LogP contribution < -0.4 is 10.1 Å². The van der Waals surface area contributed by atoms with Gasteiger partial charge in [-0.3, -0.25) is 4.79 Å². The minimum absolute atomic E-state index is 0. The fourth-order valence-corrected chi connectivity index (χ4v) is 3.59. The standard InChI is InChI=1S/C25H23NO5.Na/c1-2-3-7-22-24(20-6-4-5-8-21(20)31-22)25(29)26-18-11-9-17-14-19(30-15-23(27)28)12-10-16(17)13-18;/h4-6,8-14H,2-3,7,15H2,1H3,(H,26,29)(H,27,28);. The van der Waals surface area contributed by atoms with Crippen LogP contribution in [-0.2, 0) is 11.2 Å². The van der Waals surface area contributed by atoms with Gasteiger partial charge in [0, 0.05) is 47.1 Å². The predicted molar refractivity (Wildman–Crippen MR) is 126 cm³/mol. The average molecular weight is 440 g/mol. The van der Waals surface area contributed by atoms with E-state index in [1.165, 1.54) is 0 Å². The van der Waals surface area contributed by atoms with Crippen molar-refractivity contribution < 1.29 is 23.8 Å². The number of rotatable bonds is 8. The number of aliphatic carboxylic acids is 1. The van der Waals surface area contributed by atoms with E-state index in [0.29, 0.717) is 34.8 Å². The molecule has 0 atom stereocenters. The number of hydrogen-bond acceptors (Lipinski definition) is 4.